The average Bonchev–Trinajstić information content (AvgIpc) is 2.61. The Balaban J connectivity index is 1.78. The van der Waals surface area contributed by atoms with E-state index in [9.17, 15) is 13.6 Å². The molecular weight excluding hydrogens is 362 g/mol. The van der Waals surface area contributed by atoms with Gasteiger partial charge in [-0.15, -0.1) is 0 Å². The van der Waals surface area contributed by atoms with Crippen LogP contribution < -0.4 is 10.6 Å². The maximum absolute atomic E-state index is 13.3. The van der Waals surface area contributed by atoms with Crippen molar-refractivity contribution in [2.45, 2.75) is 6.92 Å². The zero-order chi connectivity index (χ0) is 18.7. The molecule has 1 aromatic heterocycles. The van der Waals surface area contributed by atoms with Gasteiger partial charge in [0.05, 0.1) is 0 Å². The lowest BCUT2D eigenvalue weighted by atomic mass is 10.2. The van der Waals surface area contributed by atoms with Gasteiger partial charge in [0.1, 0.15) is 5.69 Å². The van der Waals surface area contributed by atoms with Crippen LogP contribution in [0.1, 0.15) is 16.1 Å². The number of carbonyl (C=O) groups is 1. The van der Waals surface area contributed by atoms with Crippen LogP contribution in [0.4, 0.5) is 26.1 Å². The normalized spacial score (nSPS) is 10.5. The maximum Gasteiger partial charge on any atom is 0.274 e. The van der Waals surface area contributed by atoms with Crippen molar-refractivity contribution in [3.05, 3.63) is 76.6 Å². The molecule has 0 saturated carbocycles. The van der Waals surface area contributed by atoms with E-state index in [1.807, 2.05) is 6.92 Å². The molecular formula is C18H13ClF2N4O. The molecule has 0 fully saturated rings. The van der Waals surface area contributed by atoms with Crippen LogP contribution in [-0.2, 0) is 0 Å². The Morgan fingerprint density at radius 1 is 1.08 bits per heavy atom. The summed E-state index contributed by atoms with van der Waals surface area (Å²) in [4.78, 5) is 20.5. The first-order valence-electron chi connectivity index (χ1n) is 7.55. The van der Waals surface area contributed by atoms with E-state index in [0.717, 1.165) is 17.7 Å². The number of nitrogens with zero attached hydrogens (tertiary/aromatic N) is 2. The van der Waals surface area contributed by atoms with Crippen molar-refractivity contribution in [3.63, 3.8) is 0 Å². The molecule has 0 aliphatic rings. The van der Waals surface area contributed by atoms with Gasteiger partial charge in [-0.25, -0.2) is 18.7 Å². The smallest absolute Gasteiger partial charge is 0.274 e. The van der Waals surface area contributed by atoms with Gasteiger partial charge in [0.25, 0.3) is 5.91 Å². The molecule has 3 rings (SSSR count). The number of rotatable bonds is 4. The molecule has 2 aromatic carbocycles. The van der Waals surface area contributed by atoms with Gasteiger partial charge < -0.3 is 10.6 Å². The zero-order valence-electron chi connectivity index (χ0n) is 13.6. The second-order valence-electron chi connectivity index (χ2n) is 5.43. The summed E-state index contributed by atoms with van der Waals surface area (Å²) in [5.74, 6) is -2.33. The topological polar surface area (TPSA) is 66.9 Å². The molecule has 0 bridgehead atoms. The summed E-state index contributed by atoms with van der Waals surface area (Å²) in [7, 11) is 0. The zero-order valence-corrected chi connectivity index (χ0v) is 14.3. The SMILES string of the molecule is Cc1ccc(Cl)cc1NC(=O)c1ccnc(Nc2ccc(F)c(F)c2)n1. The van der Waals surface area contributed by atoms with Crippen molar-refractivity contribution < 1.29 is 13.6 Å². The molecule has 3 aromatic rings. The Morgan fingerprint density at radius 2 is 1.88 bits per heavy atom. The van der Waals surface area contributed by atoms with Gasteiger partial charge in [0.2, 0.25) is 5.95 Å². The summed E-state index contributed by atoms with van der Waals surface area (Å²) in [5, 5.41) is 5.94. The van der Waals surface area contributed by atoms with Crippen molar-refractivity contribution in [3.8, 4) is 0 Å². The van der Waals surface area contributed by atoms with Gasteiger partial charge in [-0.2, -0.15) is 0 Å². The van der Waals surface area contributed by atoms with Crippen LogP contribution in [0.15, 0.2) is 48.7 Å². The van der Waals surface area contributed by atoms with Crippen LogP contribution in [0, 0.1) is 18.6 Å². The molecule has 132 valence electrons. The lowest BCUT2D eigenvalue weighted by Crippen LogP contribution is -2.15. The van der Waals surface area contributed by atoms with Crippen LogP contribution in [0.5, 0.6) is 0 Å². The summed E-state index contributed by atoms with van der Waals surface area (Å²) in [6.45, 7) is 1.84. The molecule has 1 heterocycles. The quantitative estimate of drug-likeness (QED) is 0.694. The highest BCUT2D eigenvalue weighted by atomic mass is 35.5. The van der Waals surface area contributed by atoms with Crippen LogP contribution in [0.3, 0.4) is 0 Å². The van der Waals surface area contributed by atoms with Crippen molar-refractivity contribution in [2.75, 3.05) is 10.6 Å². The Labute approximate surface area is 153 Å². The molecule has 0 unspecified atom stereocenters. The van der Waals surface area contributed by atoms with Crippen molar-refractivity contribution in [1.29, 1.82) is 0 Å². The van der Waals surface area contributed by atoms with Crippen LogP contribution in [0.2, 0.25) is 5.02 Å². The number of aryl methyl sites for hydroxylation is 1. The molecule has 8 heteroatoms. The third-order valence-electron chi connectivity index (χ3n) is 3.51. The van der Waals surface area contributed by atoms with Crippen LogP contribution in [0.25, 0.3) is 0 Å². The van der Waals surface area contributed by atoms with Gasteiger partial charge in [-0.05, 0) is 42.8 Å². The third kappa shape index (κ3) is 4.12. The summed E-state index contributed by atoms with van der Waals surface area (Å²) in [5.41, 5.74) is 1.77. The maximum atomic E-state index is 13.3. The van der Waals surface area contributed by atoms with Crippen LogP contribution >= 0.6 is 11.6 Å². The molecule has 0 radical (unpaired) electrons. The second-order valence-corrected chi connectivity index (χ2v) is 5.87. The summed E-state index contributed by atoms with van der Waals surface area (Å²) in [6, 6.07) is 9.87. The first-order chi connectivity index (χ1) is 12.4. The Bertz CT molecular complexity index is 981. The minimum Gasteiger partial charge on any atom is -0.324 e. The highest BCUT2D eigenvalue weighted by molar-refractivity contribution is 6.31. The van der Waals surface area contributed by atoms with E-state index in [0.29, 0.717) is 10.7 Å². The lowest BCUT2D eigenvalue weighted by molar-refractivity contribution is 0.102. The predicted octanol–water partition coefficient (Wildman–Crippen LogP) is 4.71. The standard InChI is InChI=1S/C18H13ClF2N4O/c1-10-2-3-11(19)8-16(10)24-17(26)15-6-7-22-18(25-15)23-12-4-5-13(20)14(21)9-12/h2-9H,1H3,(H,24,26)(H,22,23,25). The number of anilines is 3. The Hall–Kier alpha value is -3.06. The molecule has 0 aliphatic carbocycles. The number of halogens is 3. The fourth-order valence-electron chi connectivity index (χ4n) is 2.16. The highest BCUT2D eigenvalue weighted by Gasteiger charge is 2.12. The van der Waals surface area contributed by atoms with Gasteiger partial charge in [-0.3, -0.25) is 4.79 Å². The molecule has 5 nitrogen and oxygen atoms in total. The summed E-state index contributed by atoms with van der Waals surface area (Å²) < 4.78 is 26.3. The first-order valence-corrected chi connectivity index (χ1v) is 7.93. The van der Waals surface area contributed by atoms with Gasteiger partial charge >= 0.3 is 0 Å². The largest absolute Gasteiger partial charge is 0.324 e. The molecule has 1 amide bonds. The second kappa shape index (κ2) is 7.45. The van der Waals surface area contributed by atoms with Crippen molar-refractivity contribution >= 4 is 34.8 Å². The van der Waals surface area contributed by atoms with E-state index >= 15 is 0 Å². The third-order valence-corrected chi connectivity index (χ3v) is 3.75. The van der Waals surface area contributed by atoms with E-state index in [1.165, 1.54) is 18.3 Å². The van der Waals surface area contributed by atoms with Gasteiger partial charge in [-0.1, -0.05) is 17.7 Å². The number of benzene rings is 2. The van der Waals surface area contributed by atoms with Gasteiger partial charge in [0, 0.05) is 28.7 Å². The number of aromatic nitrogens is 2. The molecule has 26 heavy (non-hydrogen) atoms. The monoisotopic (exact) mass is 374 g/mol. The first kappa shape index (κ1) is 17.8. The van der Waals surface area contributed by atoms with E-state index in [1.54, 1.807) is 18.2 Å². The van der Waals surface area contributed by atoms with Gasteiger partial charge in [0.15, 0.2) is 11.6 Å². The molecule has 0 atom stereocenters. The number of amides is 1. The average molecular weight is 375 g/mol. The lowest BCUT2D eigenvalue weighted by Gasteiger charge is -2.10. The fraction of sp³-hybridized carbons (Fsp3) is 0.0556. The van der Waals surface area contributed by atoms with Crippen molar-refractivity contribution in [1.82, 2.24) is 9.97 Å². The molecule has 0 aliphatic heterocycles. The van der Waals surface area contributed by atoms with E-state index < -0.39 is 17.5 Å². The predicted molar refractivity (Wildman–Crippen MR) is 95.8 cm³/mol. The number of hydrogen-bond acceptors (Lipinski definition) is 4. The van der Waals surface area contributed by atoms with Crippen LogP contribution in [-0.4, -0.2) is 15.9 Å². The minimum absolute atomic E-state index is 0.0754. The fourth-order valence-corrected chi connectivity index (χ4v) is 2.34. The minimum atomic E-state index is -1.000. The highest BCUT2D eigenvalue weighted by Crippen LogP contribution is 2.21. The molecule has 0 spiro atoms. The number of hydrogen-bond donors (Lipinski definition) is 2. The molecule has 2 N–H and O–H groups in total. The Morgan fingerprint density at radius 3 is 2.65 bits per heavy atom. The van der Waals surface area contributed by atoms with E-state index in [2.05, 4.69) is 20.6 Å². The van der Waals surface area contributed by atoms with E-state index in [4.69, 9.17) is 11.6 Å². The van der Waals surface area contributed by atoms with E-state index in [-0.39, 0.29) is 17.3 Å². The van der Waals surface area contributed by atoms with Crippen molar-refractivity contribution in [2.24, 2.45) is 0 Å². The number of carbonyl (C=O) groups excluding carboxylic acids is 1. The summed E-state index contributed by atoms with van der Waals surface area (Å²) in [6.07, 6.45) is 1.38. The number of nitrogens with one attached hydrogen (secondary N) is 2. The summed E-state index contributed by atoms with van der Waals surface area (Å²) >= 11 is 5.94. The molecule has 0 saturated heterocycles. The Kier molecular flexibility index (Phi) is 5.09.